The van der Waals surface area contributed by atoms with E-state index in [9.17, 15) is 4.79 Å². The standard InChI is InChI=1S/C15H23ClN4O.HI/c1-11(2)20-14(21)8-9-18-15(17-3)19-10-12-6-4-5-7-13(12)16;/h4-7,11H,8-10H2,1-3H3,(H,20,21)(H2,17,18,19);1H. The first-order valence-electron chi connectivity index (χ1n) is 7.00. The molecule has 0 spiro atoms. The van der Waals surface area contributed by atoms with Gasteiger partial charge in [0.1, 0.15) is 0 Å². The van der Waals surface area contributed by atoms with E-state index in [-0.39, 0.29) is 35.9 Å². The van der Waals surface area contributed by atoms with Crippen LogP contribution >= 0.6 is 35.6 Å². The number of hydrogen-bond donors (Lipinski definition) is 3. The van der Waals surface area contributed by atoms with E-state index in [0.717, 1.165) is 10.6 Å². The van der Waals surface area contributed by atoms with Crippen molar-refractivity contribution in [2.75, 3.05) is 13.6 Å². The maximum atomic E-state index is 11.5. The Labute approximate surface area is 154 Å². The van der Waals surface area contributed by atoms with E-state index in [2.05, 4.69) is 20.9 Å². The predicted octanol–water partition coefficient (Wildman–Crippen LogP) is 2.54. The number of aliphatic imine (C=N–C) groups is 1. The molecule has 0 atom stereocenters. The zero-order chi connectivity index (χ0) is 15.7. The Hall–Kier alpha value is -1.02. The highest BCUT2D eigenvalue weighted by molar-refractivity contribution is 14.0. The van der Waals surface area contributed by atoms with Crippen LogP contribution in [-0.4, -0.2) is 31.5 Å². The number of hydrogen-bond acceptors (Lipinski definition) is 2. The van der Waals surface area contributed by atoms with Crippen molar-refractivity contribution in [1.29, 1.82) is 0 Å². The van der Waals surface area contributed by atoms with Crippen molar-refractivity contribution in [1.82, 2.24) is 16.0 Å². The Balaban J connectivity index is 0.00000441. The molecular weight excluding hydrogens is 415 g/mol. The lowest BCUT2D eigenvalue weighted by Gasteiger charge is -2.13. The number of nitrogens with zero attached hydrogens (tertiary/aromatic N) is 1. The molecule has 3 N–H and O–H groups in total. The molecule has 0 aromatic heterocycles. The molecule has 0 aliphatic heterocycles. The molecular formula is C15H24ClIN4O. The number of halogens is 2. The van der Waals surface area contributed by atoms with E-state index in [1.807, 2.05) is 38.1 Å². The van der Waals surface area contributed by atoms with Crippen LogP contribution in [0, 0.1) is 0 Å². The number of carbonyl (C=O) groups is 1. The summed E-state index contributed by atoms with van der Waals surface area (Å²) < 4.78 is 0. The lowest BCUT2D eigenvalue weighted by Crippen LogP contribution is -2.39. The minimum atomic E-state index is 0. The second-order valence-electron chi connectivity index (χ2n) is 4.92. The van der Waals surface area contributed by atoms with Gasteiger partial charge in [0.05, 0.1) is 0 Å². The van der Waals surface area contributed by atoms with E-state index >= 15 is 0 Å². The fraction of sp³-hybridized carbons (Fsp3) is 0.467. The van der Waals surface area contributed by atoms with Crippen molar-refractivity contribution in [3.63, 3.8) is 0 Å². The molecule has 7 heteroatoms. The third kappa shape index (κ3) is 8.43. The largest absolute Gasteiger partial charge is 0.356 e. The first-order chi connectivity index (χ1) is 10.0. The monoisotopic (exact) mass is 438 g/mol. The van der Waals surface area contributed by atoms with E-state index in [4.69, 9.17) is 11.6 Å². The molecule has 1 aromatic carbocycles. The molecule has 0 saturated carbocycles. The minimum absolute atomic E-state index is 0. The number of amides is 1. The smallest absolute Gasteiger partial charge is 0.221 e. The average Bonchev–Trinajstić information content (AvgIpc) is 2.43. The van der Waals surface area contributed by atoms with Gasteiger partial charge >= 0.3 is 0 Å². The van der Waals surface area contributed by atoms with E-state index < -0.39 is 0 Å². The first-order valence-corrected chi connectivity index (χ1v) is 7.38. The Kier molecular flexibility index (Phi) is 11.0. The molecule has 1 amide bonds. The van der Waals surface area contributed by atoms with Crippen molar-refractivity contribution >= 4 is 47.4 Å². The third-order valence-electron chi connectivity index (χ3n) is 2.72. The SMILES string of the molecule is CN=C(NCCC(=O)NC(C)C)NCc1ccccc1Cl.I. The van der Waals surface area contributed by atoms with Gasteiger partial charge < -0.3 is 16.0 Å². The fourth-order valence-electron chi connectivity index (χ4n) is 1.73. The summed E-state index contributed by atoms with van der Waals surface area (Å²) in [5, 5.41) is 9.82. The molecule has 0 radical (unpaired) electrons. The van der Waals surface area contributed by atoms with Crippen LogP contribution in [0.2, 0.25) is 5.02 Å². The number of benzene rings is 1. The van der Waals surface area contributed by atoms with Gasteiger partial charge in [-0.25, -0.2) is 0 Å². The van der Waals surface area contributed by atoms with Gasteiger partial charge in [0.15, 0.2) is 5.96 Å². The Morgan fingerprint density at radius 2 is 1.95 bits per heavy atom. The number of guanidine groups is 1. The summed E-state index contributed by atoms with van der Waals surface area (Å²) in [4.78, 5) is 15.6. The molecule has 0 saturated heterocycles. The second kappa shape index (κ2) is 11.5. The summed E-state index contributed by atoms with van der Waals surface area (Å²) in [7, 11) is 1.69. The quantitative estimate of drug-likeness (QED) is 0.363. The number of carbonyl (C=O) groups excluding carboxylic acids is 1. The molecule has 22 heavy (non-hydrogen) atoms. The molecule has 0 aliphatic rings. The normalized spacial score (nSPS) is 10.9. The van der Waals surface area contributed by atoms with Crippen molar-refractivity contribution in [2.24, 2.45) is 4.99 Å². The van der Waals surface area contributed by atoms with Gasteiger partial charge in [-0.05, 0) is 25.5 Å². The van der Waals surface area contributed by atoms with Crippen molar-refractivity contribution in [3.8, 4) is 0 Å². The molecule has 1 aromatic rings. The van der Waals surface area contributed by atoms with E-state index in [1.54, 1.807) is 7.05 Å². The van der Waals surface area contributed by atoms with Crippen LogP contribution in [0.15, 0.2) is 29.3 Å². The molecule has 5 nitrogen and oxygen atoms in total. The van der Waals surface area contributed by atoms with Crippen LogP contribution in [0.1, 0.15) is 25.8 Å². The predicted molar refractivity (Wildman–Crippen MR) is 103 cm³/mol. The summed E-state index contributed by atoms with van der Waals surface area (Å²) in [5.74, 6) is 0.673. The zero-order valence-corrected chi connectivity index (χ0v) is 16.2. The summed E-state index contributed by atoms with van der Waals surface area (Å²) in [5.41, 5.74) is 1.000. The van der Waals surface area contributed by atoms with Crippen LogP contribution in [0.4, 0.5) is 0 Å². The van der Waals surface area contributed by atoms with Gasteiger partial charge in [-0.2, -0.15) is 0 Å². The van der Waals surface area contributed by atoms with Gasteiger partial charge in [-0.1, -0.05) is 29.8 Å². The molecule has 0 aliphatic carbocycles. The molecule has 0 fully saturated rings. The van der Waals surface area contributed by atoms with Crippen LogP contribution < -0.4 is 16.0 Å². The second-order valence-corrected chi connectivity index (χ2v) is 5.32. The highest BCUT2D eigenvalue weighted by Crippen LogP contribution is 2.14. The fourth-order valence-corrected chi connectivity index (χ4v) is 1.93. The summed E-state index contributed by atoms with van der Waals surface area (Å²) in [6.07, 6.45) is 0.408. The van der Waals surface area contributed by atoms with Gasteiger partial charge in [0.25, 0.3) is 0 Å². The number of nitrogens with one attached hydrogen (secondary N) is 3. The van der Waals surface area contributed by atoms with E-state index in [1.165, 1.54) is 0 Å². The minimum Gasteiger partial charge on any atom is -0.356 e. The van der Waals surface area contributed by atoms with Crippen molar-refractivity contribution in [2.45, 2.75) is 32.9 Å². The van der Waals surface area contributed by atoms with Crippen LogP contribution in [-0.2, 0) is 11.3 Å². The van der Waals surface area contributed by atoms with Gasteiger partial charge in [0, 0.05) is 37.6 Å². The molecule has 124 valence electrons. The summed E-state index contributed by atoms with van der Waals surface area (Å²) in [6, 6.07) is 7.81. The Bertz CT molecular complexity index is 494. The lowest BCUT2D eigenvalue weighted by atomic mass is 10.2. The summed E-state index contributed by atoms with van der Waals surface area (Å²) in [6.45, 7) is 4.99. The lowest BCUT2D eigenvalue weighted by molar-refractivity contribution is -0.121. The van der Waals surface area contributed by atoms with Crippen LogP contribution in [0.3, 0.4) is 0 Å². The summed E-state index contributed by atoms with van der Waals surface area (Å²) >= 11 is 6.09. The van der Waals surface area contributed by atoms with Crippen LogP contribution in [0.5, 0.6) is 0 Å². The van der Waals surface area contributed by atoms with Crippen molar-refractivity contribution < 1.29 is 4.79 Å². The molecule has 1 rings (SSSR count). The Morgan fingerprint density at radius 1 is 1.27 bits per heavy atom. The average molecular weight is 439 g/mol. The zero-order valence-electron chi connectivity index (χ0n) is 13.1. The molecule has 0 heterocycles. The molecule has 0 bridgehead atoms. The number of rotatable bonds is 6. The third-order valence-corrected chi connectivity index (χ3v) is 3.09. The van der Waals surface area contributed by atoms with E-state index in [0.29, 0.717) is 25.5 Å². The van der Waals surface area contributed by atoms with Gasteiger partial charge in [0.2, 0.25) is 5.91 Å². The van der Waals surface area contributed by atoms with Crippen LogP contribution in [0.25, 0.3) is 0 Å². The maximum Gasteiger partial charge on any atom is 0.221 e. The van der Waals surface area contributed by atoms with Gasteiger partial charge in [-0.15, -0.1) is 24.0 Å². The highest BCUT2D eigenvalue weighted by atomic mass is 127. The van der Waals surface area contributed by atoms with Gasteiger partial charge in [-0.3, -0.25) is 9.79 Å². The van der Waals surface area contributed by atoms with Crippen molar-refractivity contribution in [3.05, 3.63) is 34.9 Å². The topological polar surface area (TPSA) is 65.5 Å². The maximum absolute atomic E-state index is 11.5. The molecule has 0 unspecified atom stereocenters. The Morgan fingerprint density at radius 3 is 2.55 bits per heavy atom. The highest BCUT2D eigenvalue weighted by Gasteiger charge is 2.04. The first kappa shape index (κ1) is 21.0.